The average molecular weight is 363 g/mol. The number of hydrogen-bond donors (Lipinski definition) is 2. The molecule has 0 aliphatic rings. The molecule has 0 aliphatic heterocycles. The van der Waals surface area contributed by atoms with Crippen molar-refractivity contribution in [1.29, 1.82) is 0 Å². The number of para-hydroxylation sites is 2. The van der Waals surface area contributed by atoms with Crippen LogP contribution in [0.1, 0.15) is 5.56 Å². The number of nitrogens with one attached hydrogen (secondary N) is 1. The molecule has 3 nitrogen and oxygen atoms in total. The molecule has 5 aromatic rings. The van der Waals surface area contributed by atoms with E-state index >= 15 is 0 Å². The van der Waals surface area contributed by atoms with Gasteiger partial charge in [0.05, 0.1) is 11.0 Å². The third-order valence-corrected chi connectivity index (χ3v) is 5.17. The lowest BCUT2D eigenvalue weighted by Crippen LogP contribution is -1.96. The van der Waals surface area contributed by atoms with Gasteiger partial charge in [0.15, 0.2) is 0 Å². The third kappa shape index (κ3) is 2.82. The van der Waals surface area contributed by atoms with Gasteiger partial charge in [-0.1, -0.05) is 48.5 Å². The summed E-state index contributed by atoms with van der Waals surface area (Å²) < 4.78 is 2.32. The van der Waals surface area contributed by atoms with Gasteiger partial charge in [0.25, 0.3) is 0 Å². The van der Waals surface area contributed by atoms with E-state index in [1.54, 1.807) is 0 Å². The van der Waals surface area contributed by atoms with Crippen LogP contribution in [0.3, 0.4) is 0 Å². The Bertz CT molecular complexity index is 1250. The highest BCUT2D eigenvalue weighted by Crippen LogP contribution is 2.34. The van der Waals surface area contributed by atoms with Crippen molar-refractivity contribution in [3.05, 3.63) is 103 Å². The van der Waals surface area contributed by atoms with E-state index in [-0.39, 0.29) is 0 Å². The average Bonchev–Trinajstić information content (AvgIpc) is 3.09. The summed E-state index contributed by atoms with van der Waals surface area (Å²) in [6, 6.07) is 33.9. The smallest absolute Gasteiger partial charge is 0.0542 e. The van der Waals surface area contributed by atoms with Crippen molar-refractivity contribution in [2.45, 2.75) is 6.54 Å². The molecule has 0 unspecified atom stereocenters. The maximum Gasteiger partial charge on any atom is 0.0542 e. The summed E-state index contributed by atoms with van der Waals surface area (Å²) in [7, 11) is 0. The Hall–Kier alpha value is -3.56. The first-order valence-corrected chi connectivity index (χ1v) is 9.48. The first-order valence-electron chi connectivity index (χ1n) is 9.48. The van der Waals surface area contributed by atoms with Crippen LogP contribution in [0.5, 0.6) is 0 Å². The largest absolute Gasteiger partial charge is 0.356 e. The van der Waals surface area contributed by atoms with E-state index in [0.717, 1.165) is 16.9 Å². The fourth-order valence-electron chi connectivity index (χ4n) is 3.80. The monoisotopic (exact) mass is 363 g/mol. The van der Waals surface area contributed by atoms with Crippen molar-refractivity contribution < 1.29 is 0 Å². The molecule has 0 aliphatic carbocycles. The minimum absolute atomic E-state index is 0.561. The Morgan fingerprint density at radius 2 is 1.32 bits per heavy atom. The summed E-state index contributed by atoms with van der Waals surface area (Å²) in [6.45, 7) is 0.561. The standard InChI is InChI=1S/C25H21N3/c26-17-18-10-12-19(13-11-18)27-20-14-15-25-23(16-20)22-8-4-5-9-24(22)28(25)21-6-2-1-3-7-21/h1-16,27H,17,26H2. The molecule has 0 spiro atoms. The minimum Gasteiger partial charge on any atom is -0.356 e. The quantitative estimate of drug-likeness (QED) is 0.412. The number of anilines is 2. The van der Waals surface area contributed by atoms with Crippen molar-refractivity contribution in [3.63, 3.8) is 0 Å². The van der Waals surface area contributed by atoms with Crippen LogP contribution in [-0.2, 0) is 6.54 Å². The van der Waals surface area contributed by atoms with Crippen LogP contribution >= 0.6 is 0 Å². The summed E-state index contributed by atoms with van der Waals surface area (Å²) in [6.07, 6.45) is 0. The zero-order valence-corrected chi connectivity index (χ0v) is 15.5. The van der Waals surface area contributed by atoms with E-state index in [1.165, 1.54) is 27.5 Å². The first-order chi connectivity index (χ1) is 13.8. The van der Waals surface area contributed by atoms with Crippen LogP contribution in [0, 0.1) is 0 Å². The molecule has 3 N–H and O–H groups in total. The zero-order valence-electron chi connectivity index (χ0n) is 15.5. The molecule has 0 bridgehead atoms. The molecular weight excluding hydrogens is 342 g/mol. The van der Waals surface area contributed by atoms with Crippen LogP contribution in [0.4, 0.5) is 11.4 Å². The van der Waals surface area contributed by atoms with Gasteiger partial charge in [-0.3, -0.25) is 0 Å². The lowest BCUT2D eigenvalue weighted by Gasteiger charge is -2.09. The van der Waals surface area contributed by atoms with E-state index in [0.29, 0.717) is 6.54 Å². The van der Waals surface area contributed by atoms with Crippen molar-refractivity contribution in [1.82, 2.24) is 4.57 Å². The fourth-order valence-corrected chi connectivity index (χ4v) is 3.80. The van der Waals surface area contributed by atoms with E-state index in [1.807, 2.05) is 0 Å². The lowest BCUT2D eigenvalue weighted by molar-refractivity contribution is 1.07. The molecule has 3 heteroatoms. The van der Waals surface area contributed by atoms with Gasteiger partial charge in [0.2, 0.25) is 0 Å². The molecule has 1 heterocycles. The van der Waals surface area contributed by atoms with Gasteiger partial charge in [-0.05, 0) is 54.1 Å². The van der Waals surface area contributed by atoms with Gasteiger partial charge < -0.3 is 15.6 Å². The summed E-state index contributed by atoms with van der Waals surface area (Å²) in [5, 5.41) is 6.00. The first kappa shape index (κ1) is 16.6. The molecule has 0 fully saturated rings. The maximum absolute atomic E-state index is 5.70. The summed E-state index contributed by atoms with van der Waals surface area (Å²) in [5.41, 5.74) is 12.6. The highest BCUT2D eigenvalue weighted by atomic mass is 15.0. The Kier molecular flexibility index (Phi) is 4.08. The molecule has 0 radical (unpaired) electrons. The molecule has 0 amide bonds. The topological polar surface area (TPSA) is 43.0 Å². The molecule has 0 atom stereocenters. The maximum atomic E-state index is 5.70. The molecule has 5 rings (SSSR count). The number of nitrogens with zero attached hydrogens (tertiary/aromatic N) is 1. The summed E-state index contributed by atoms with van der Waals surface area (Å²) in [4.78, 5) is 0. The van der Waals surface area contributed by atoms with Gasteiger partial charge >= 0.3 is 0 Å². The van der Waals surface area contributed by atoms with Crippen LogP contribution < -0.4 is 11.1 Å². The molecule has 28 heavy (non-hydrogen) atoms. The molecular formula is C25H21N3. The highest BCUT2D eigenvalue weighted by molar-refractivity contribution is 6.10. The Balaban J connectivity index is 1.64. The minimum atomic E-state index is 0.561. The zero-order chi connectivity index (χ0) is 18.9. The number of fused-ring (bicyclic) bond motifs is 3. The molecule has 1 aromatic heterocycles. The van der Waals surface area contributed by atoms with Crippen LogP contribution in [0.2, 0.25) is 0 Å². The van der Waals surface area contributed by atoms with Crippen LogP contribution in [-0.4, -0.2) is 4.57 Å². The number of aromatic nitrogens is 1. The Morgan fingerprint density at radius 1 is 0.643 bits per heavy atom. The summed E-state index contributed by atoms with van der Waals surface area (Å²) >= 11 is 0. The van der Waals surface area contributed by atoms with Crippen molar-refractivity contribution in [2.75, 3.05) is 5.32 Å². The number of rotatable bonds is 4. The highest BCUT2D eigenvalue weighted by Gasteiger charge is 2.12. The molecule has 0 saturated heterocycles. The van der Waals surface area contributed by atoms with Gasteiger partial charge in [-0.25, -0.2) is 0 Å². The van der Waals surface area contributed by atoms with E-state index in [9.17, 15) is 0 Å². The SMILES string of the molecule is NCc1ccc(Nc2ccc3c(c2)c2ccccc2n3-c2ccccc2)cc1. The van der Waals surface area contributed by atoms with E-state index in [2.05, 4.69) is 107 Å². The van der Waals surface area contributed by atoms with Crippen molar-refractivity contribution in [2.24, 2.45) is 5.73 Å². The Morgan fingerprint density at radius 3 is 2.11 bits per heavy atom. The fraction of sp³-hybridized carbons (Fsp3) is 0.0400. The van der Waals surface area contributed by atoms with Gasteiger partial charge in [-0.2, -0.15) is 0 Å². The second-order valence-electron chi connectivity index (χ2n) is 6.95. The van der Waals surface area contributed by atoms with Gasteiger partial charge in [-0.15, -0.1) is 0 Å². The number of hydrogen-bond acceptors (Lipinski definition) is 2. The second kappa shape index (κ2) is 6.87. The molecule has 4 aromatic carbocycles. The van der Waals surface area contributed by atoms with Crippen molar-refractivity contribution >= 4 is 33.2 Å². The predicted molar refractivity (Wildman–Crippen MR) is 118 cm³/mol. The summed E-state index contributed by atoms with van der Waals surface area (Å²) in [5.74, 6) is 0. The van der Waals surface area contributed by atoms with Crippen LogP contribution in [0.15, 0.2) is 97.1 Å². The van der Waals surface area contributed by atoms with Crippen molar-refractivity contribution in [3.8, 4) is 5.69 Å². The molecule has 0 saturated carbocycles. The van der Waals surface area contributed by atoms with E-state index in [4.69, 9.17) is 5.73 Å². The third-order valence-electron chi connectivity index (χ3n) is 5.17. The van der Waals surface area contributed by atoms with Gasteiger partial charge in [0, 0.05) is 34.4 Å². The van der Waals surface area contributed by atoms with E-state index < -0.39 is 0 Å². The lowest BCUT2D eigenvalue weighted by atomic mass is 10.1. The predicted octanol–water partition coefficient (Wildman–Crippen LogP) is 5.99. The number of nitrogens with two attached hydrogens (primary N) is 1. The van der Waals surface area contributed by atoms with Gasteiger partial charge in [0.1, 0.15) is 0 Å². The Labute approximate surface area is 164 Å². The normalized spacial score (nSPS) is 11.2. The molecule has 136 valence electrons. The van der Waals surface area contributed by atoms with Crippen LogP contribution in [0.25, 0.3) is 27.5 Å². The second-order valence-corrected chi connectivity index (χ2v) is 6.95. The number of benzene rings is 4.